The highest BCUT2D eigenvalue weighted by Gasteiger charge is 2.25. The standard InChI is InChI=1S/C11H13NO2/c1-8(2)5-4-6-9-7-10(13)12(3)11(9)14/h4-5,7H,1,6H2,2-3H3/b5-4+. The first-order valence-electron chi connectivity index (χ1n) is 4.37. The minimum atomic E-state index is -0.242. The Morgan fingerprint density at radius 2 is 2.21 bits per heavy atom. The number of carbonyl (C=O) groups is 2. The van der Waals surface area contributed by atoms with Crippen LogP contribution in [0.25, 0.3) is 0 Å². The van der Waals surface area contributed by atoms with Crippen LogP contribution in [-0.2, 0) is 9.59 Å². The summed E-state index contributed by atoms with van der Waals surface area (Å²) < 4.78 is 0. The summed E-state index contributed by atoms with van der Waals surface area (Å²) in [5.41, 5.74) is 1.46. The molecule has 1 aliphatic rings. The van der Waals surface area contributed by atoms with Crippen molar-refractivity contribution in [2.45, 2.75) is 13.3 Å². The van der Waals surface area contributed by atoms with Gasteiger partial charge in [-0.3, -0.25) is 14.5 Å². The van der Waals surface area contributed by atoms with Crippen molar-refractivity contribution < 1.29 is 9.59 Å². The molecule has 0 saturated carbocycles. The highest BCUT2D eigenvalue weighted by atomic mass is 16.2. The quantitative estimate of drug-likeness (QED) is 0.500. The molecule has 14 heavy (non-hydrogen) atoms. The molecule has 0 fully saturated rings. The van der Waals surface area contributed by atoms with Crippen LogP contribution >= 0.6 is 0 Å². The average molecular weight is 191 g/mol. The predicted molar refractivity (Wildman–Crippen MR) is 54.4 cm³/mol. The SMILES string of the molecule is C=C(C)/C=C/CC1=CC(=O)N(C)C1=O. The van der Waals surface area contributed by atoms with Crippen molar-refractivity contribution in [2.75, 3.05) is 7.05 Å². The highest BCUT2D eigenvalue weighted by molar-refractivity contribution is 6.16. The molecule has 0 radical (unpaired) electrons. The number of amides is 2. The molecule has 74 valence electrons. The third-order valence-corrected chi connectivity index (χ3v) is 1.95. The molecule has 0 unspecified atom stereocenters. The lowest BCUT2D eigenvalue weighted by Crippen LogP contribution is -2.25. The van der Waals surface area contributed by atoms with Gasteiger partial charge in [-0.05, 0) is 13.3 Å². The van der Waals surface area contributed by atoms with E-state index in [-0.39, 0.29) is 11.8 Å². The monoisotopic (exact) mass is 191 g/mol. The van der Waals surface area contributed by atoms with Crippen molar-refractivity contribution in [2.24, 2.45) is 0 Å². The van der Waals surface area contributed by atoms with Crippen molar-refractivity contribution in [3.8, 4) is 0 Å². The van der Waals surface area contributed by atoms with Crippen LogP contribution in [0.5, 0.6) is 0 Å². The molecule has 3 heteroatoms. The fraction of sp³-hybridized carbons (Fsp3) is 0.273. The molecule has 0 aromatic heterocycles. The van der Waals surface area contributed by atoms with Gasteiger partial charge in [0.1, 0.15) is 0 Å². The number of rotatable bonds is 3. The van der Waals surface area contributed by atoms with E-state index in [9.17, 15) is 9.59 Å². The van der Waals surface area contributed by atoms with Crippen LogP contribution in [0.1, 0.15) is 13.3 Å². The van der Waals surface area contributed by atoms with Crippen LogP contribution in [0.3, 0.4) is 0 Å². The van der Waals surface area contributed by atoms with E-state index in [0.717, 1.165) is 10.5 Å². The fourth-order valence-corrected chi connectivity index (χ4v) is 1.16. The lowest BCUT2D eigenvalue weighted by atomic mass is 10.1. The average Bonchev–Trinajstić information content (AvgIpc) is 2.33. The zero-order valence-corrected chi connectivity index (χ0v) is 8.41. The van der Waals surface area contributed by atoms with Crippen molar-refractivity contribution in [3.63, 3.8) is 0 Å². The summed E-state index contributed by atoms with van der Waals surface area (Å²) in [6, 6.07) is 0. The zero-order chi connectivity index (χ0) is 10.7. The van der Waals surface area contributed by atoms with Crippen molar-refractivity contribution >= 4 is 11.8 Å². The predicted octanol–water partition coefficient (Wildman–Crippen LogP) is 1.43. The second-order valence-corrected chi connectivity index (χ2v) is 3.32. The van der Waals surface area contributed by atoms with E-state index < -0.39 is 0 Å². The zero-order valence-electron chi connectivity index (χ0n) is 8.41. The van der Waals surface area contributed by atoms with Crippen molar-refractivity contribution in [1.29, 1.82) is 0 Å². The van der Waals surface area contributed by atoms with E-state index in [2.05, 4.69) is 6.58 Å². The van der Waals surface area contributed by atoms with E-state index in [1.807, 2.05) is 19.1 Å². The Morgan fingerprint density at radius 1 is 1.57 bits per heavy atom. The van der Waals surface area contributed by atoms with Crippen molar-refractivity contribution in [1.82, 2.24) is 4.90 Å². The Morgan fingerprint density at radius 3 is 2.64 bits per heavy atom. The van der Waals surface area contributed by atoms with Gasteiger partial charge >= 0.3 is 0 Å². The molecule has 0 atom stereocenters. The highest BCUT2D eigenvalue weighted by Crippen LogP contribution is 2.14. The van der Waals surface area contributed by atoms with E-state index in [1.54, 1.807) is 0 Å². The van der Waals surface area contributed by atoms with E-state index in [1.165, 1.54) is 13.1 Å². The van der Waals surface area contributed by atoms with Crippen LogP contribution in [0.4, 0.5) is 0 Å². The maximum atomic E-state index is 11.4. The molecule has 0 aliphatic carbocycles. The van der Waals surface area contributed by atoms with E-state index >= 15 is 0 Å². The first kappa shape index (κ1) is 10.4. The minimum absolute atomic E-state index is 0.207. The maximum absolute atomic E-state index is 11.4. The van der Waals surface area contributed by atoms with Gasteiger partial charge in [0.05, 0.1) is 0 Å². The molecule has 0 bridgehead atoms. The summed E-state index contributed by atoms with van der Waals surface area (Å²) in [6.45, 7) is 5.57. The summed E-state index contributed by atoms with van der Waals surface area (Å²) in [6.07, 6.45) is 5.53. The van der Waals surface area contributed by atoms with Crippen LogP contribution in [0.15, 0.2) is 36.0 Å². The Kier molecular flexibility index (Phi) is 3.02. The van der Waals surface area contributed by atoms with Gasteiger partial charge in [0.2, 0.25) is 0 Å². The molecule has 1 aliphatic heterocycles. The van der Waals surface area contributed by atoms with Gasteiger partial charge in [-0.25, -0.2) is 0 Å². The number of nitrogens with zero attached hydrogens (tertiary/aromatic N) is 1. The van der Waals surface area contributed by atoms with Gasteiger partial charge in [0, 0.05) is 18.7 Å². The van der Waals surface area contributed by atoms with Crippen molar-refractivity contribution in [3.05, 3.63) is 36.0 Å². The first-order chi connectivity index (χ1) is 6.52. The van der Waals surface area contributed by atoms with Gasteiger partial charge in [-0.1, -0.05) is 24.3 Å². The summed E-state index contributed by atoms with van der Waals surface area (Å²) >= 11 is 0. The van der Waals surface area contributed by atoms with Gasteiger partial charge in [-0.15, -0.1) is 0 Å². The Balaban J connectivity index is 2.63. The lowest BCUT2D eigenvalue weighted by Gasteiger charge is -2.04. The molecular formula is C11H13NO2. The van der Waals surface area contributed by atoms with Gasteiger partial charge in [0.15, 0.2) is 0 Å². The second-order valence-electron chi connectivity index (χ2n) is 3.32. The molecule has 0 aromatic carbocycles. The number of hydrogen-bond acceptors (Lipinski definition) is 2. The molecule has 0 spiro atoms. The number of carbonyl (C=O) groups excluding carboxylic acids is 2. The van der Waals surface area contributed by atoms with Gasteiger partial charge < -0.3 is 0 Å². The van der Waals surface area contributed by atoms with Gasteiger partial charge in [-0.2, -0.15) is 0 Å². The smallest absolute Gasteiger partial charge is 0.256 e. The normalized spacial score (nSPS) is 16.7. The molecule has 0 saturated heterocycles. The second kappa shape index (κ2) is 4.05. The third kappa shape index (κ3) is 2.19. The number of hydrogen-bond donors (Lipinski definition) is 0. The molecule has 0 aromatic rings. The number of imide groups is 1. The lowest BCUT2D eigenvalue weighted by molar-refractivity contribution is -0.135. The minimum Gasteiger partial charge on any atom is -0.278 e. The number of allylic oxidation sites excluding steroid dienone is 3. The van der Waals surface area contributed by atoms with Crippen LogP contribution in [-0.4, -0.2) is 23.8 Å². The van der Waals surface area contributed by atoms with E-state index in [0.29, 0.717) is 12.0 Å². The Labute approximate surface area is 83.4 Å². The Bertz CT molecular complexity index is 350. The molecule has 3 nitrogen and oxygen atoms in total. The van der Waals surface area contributed by atoms with Gasteiger partial charge in [0.25, 0.3) is 11.8 Å². The number of likely N-dealkylation sites (N-methyl/N-ethyl adjacent to an activating group) is 1. The first-order valence-corrected chi connectivity index (χ1v) is 4.37. The maximum Gasteiger partial charge on any atom is 0.256 e. The largest absolute Gasteiger partial charge is 0.278 e. The van der Waals surface area contributed by atoms with E-state index in [4.69, 9.17) is 0 Å². The summed E-state index contributed by atoms with van der Waals surface area (Å²) in [5, 5.41) is 0. The topological polar surface area (TPSA) is 37.4 Å². The molecule has 2 amide bonds. The molecule has 1 rings (SSSR count). The fourth-order valence-electron chi connectivity index (χ4n) is 1.16. The van der Waals surface area contributed by atoms with Crippen LogP contribution < -0.4 is 0 Å². The van der Waals surface area contributed by atoms with Crippen LogP contribution in [0.2, 0.25) is 0 Å². The van der Waals surface area contributed by atoms with Crippen LogP contribution in [0, 0.1) is 0 Å². The Hall–Kier alpha value is -1.64. The molecule has 1 heterocycles. The molecular weight excluding hydrogens is 178 g/mol. The summed E-state index contributed by atoms with van der Waals surface area (Å²) in [7, 11) is 1.48. The summed E-state index contributed by atoms with van der Waals surface area (Å²) in [4.78, 5) is 23.6. The third-order valence-electron chi connectivity index (χ3n) is 1.95. The summed E-state index contributed by atoms with van der Waals surface area (Å²) in [5.74, 6) is -0.449. The molecule has 0 N–H and O–H groups in total.